The van der Waals surface area contributed by atoms with Gasteiger partial charge in [0.05, 0.1) is 39.8 Å². The minimum absolute atomic E-state index is 0.131. The number of nitrogens with zero attached hydrogens (tertiary/aromatic N) is 4. The normalized spacial score (nSPS) is 14.2. The Balaban J connectivity index is 1.53. The number of benzene rings is 2. The summed E-state index contributed by atoms with van der Waals surface area (Å²) >= 11 is 3.12. The molecule has 2 aromatic carbocycles. The highest BCUT2D eigenvalue weighted by Gasteiger charge is 2.40. The number of aryl methyl sites for hydroxylation is 1. The highest BCUT2D eigenvalue weighted by atomic mass is 32.2. The second-order valence-electron chi connectivity index (χ2n) is 11.6. The molecule has 2 aromatic heterocycles. The lowest BCUT2D eigenvalue weighted by atomic mass is 9.69. The second-order valence-corrected chi connectivity index (χ2v) is 13.5. The number of thioether (sulfide) groups is 1. The number of carbonyl (C=O) groups is 1. The van der Waals surface area contributed by atoms with E-state index in [9.17, 15) is 4.79 Å². The Morgan fingerprint density at radius 1 is 1.16 bits per heavy atom. The van der Waals surface area contributed by atoms with E-state index in [0.29, 0.717) is 35.6 Å². The van der Waals surface area contributed by atoms with Crippen LogP contribution in [0.5, 0.6) is 5.88 Å². The zero-order valence-corrected chi connectivity index (χ0v) is 28.3. The molecule has 1 atom stereocenters. The number of fused-ring (bicyclic) bond motifs is 1. The van der Waals surface area contributed by atoms with Crippen molar-refractivity contribution in [1.82, 2.24) is 19.3 Å². The van der Waals surface area contributed by atoms with Gasteiger partial charge in [-0.05, 0) is 85.0 Å². The van der Waals surface area contributed by atoms with Crippen molar-refractivity contribution in [3.05, 3.63) is 88.9 Å². The summed E-state index contributed by atoms with van der Waals surface area (Å²) in [6.45, 7) is 13.0. The third-order valence-electron chi connectivity index (χ3n) is 8.21. The maximum atomic E-state index is 14.1. The van der Waals surface area contributed by atoms with E-state index in [4.69, 9.17) is 10.5 Å². The molecule has 1 aliphatic heterocycles. The molecule has 0 aliphatic carbocycles. The van der Waals surface area contributed by atoms with Crippen molar-refractivity contribution in [3.63, 3.8) is 0 Å². The van der Waals surface area contributed by atoms with Gasteiger partial charge in [-0.3, -0.25) is 4.79 Å². The maximum Gasteiger partial charge on any atom is 0.231 e. The Labute approximate surface area is 274 Å². The van der Waals surface area contributed by atoms with Crippen molar-refractivity contribution in [1.29, 1.82) is 0 Å². The summed E-state index contributed by atoms with van der Waals surface area (Å²) in [6, 6.07) is 14.6. The second kappa shape index (κ2) is 14.1. The van der Waals surface area contributed by atoms with Crippen molar-refractivity contribution in [3.8, 4) is 5.88 Å². The molecule has 236 valence electrons. The summed E-state index contributed by atoms with van der Waals surface area (Å²) in [4.78, 5) is 28.2. The number of nitrogens with one attached hydrogen (secondary N) is 2. The summed E-state index contributed by atoms with van der Waals surface area (Å²) in [5.41, 5.74) is 13.3. The number of hydrogen-bond acceptors (Lipinski definition) is 10. The van der Waals surface area contributed by atoms with Gasteiger partial charge in [0.15, 0.2) is 5.16 Å². The van der Waals surface area contributed by atoms with Crippen molar-refractivity contribution >= 4 is 46.7 Å². The van der Waals surface area contributed by atoms with Crippen molar-refractivity contribution in [2.75, 3.05) is 42.3 Å². The number of carbonyl (C=O) groups excluding carboxylic acids is 1. The highest BCUT2D eigenvalue weighted by Crippen LogP contribution is 2.45. The van der Waals surface area contributed by atoms with E-state index in [-0.39, 0.29) is 11.8 Å². The molecule has 0 spiro atoms. The third-order valence-corrected chi connectivity index (χ3v) is 9.86. The summed E-state index contributed by atoms with van der Waals surface area (Å²) in [6.07, 6.45) is 6.97. The molecule has 0 bridgehead atoms. The van der Waals surface area contributed by atoms with E-state index >= 15 is 0 Å². The van der Waals surface area contributed by atoms with Gasteiger partial charge in [0.1, 0.15) is 6.61 Å². The molecule has 4 aromatic rings. The van der Waals surface area contributed by atoms with Crippen LogP contribution in [0, 0.1) is 19.3 Å². The van der Waals surface area contributed by atoms with Crippen LogP contribution >= 0.6 is 23.7 Å². The van der Waals surface area contributed by atoms with Crippen LogP contribution in [0.1, 0.15) is 54.5 Å². The number of amides is 1. The monoisotopic (exact) mass is 643 g/mol. The van der Waals surface area contributed by atoms with Gasteiger partial charge < -0.3 is 21.1 Å². The first-order valence-corrected chi connectivity index (χ1v) is 17.0. The first-order chi connectivity index (χ1) is 21.6. The molecule has 0 saturated carbocycles. The van der Waals surface area contributed by atoms with E-state index in [2.05, 4.69) is 61.1 Å². The summed E-state index contributed by atoms with van der Waals surface area (Å²) in [5, 5.41) is 7.09. The van der Waals surface area contributed by atoms with Gasteiger partial charge in [-0.25, -0.2) is 19.3 Å². The lowest BCUT2D eigenvalue weighted by Crippen LogP contribution is -2.37. The van der Waals surface area contributed by atoms with Gasteiger partial charge >= 0.3 is 0 Å². The number of hydrogen-bond donors (Lipinski definition) is 3. The number of nitrogens with two attached hydrogens (primary N) is 1. The Hall–Kier alpha value is -3.80. The third kappa shape index (κ3) is 7.21. The molecule has 4 N–H and O–H groups in total. The van der Waals surface area contributed by atoms with Gasteiger partial charge in [0, 0.05) is 31.7 Å². The largest absolute Gasteiger partial charge is 0.475 e. The SMILES string of the molecule is CCNc1ccc(C(c2ccc(C)c(CN3CCOc4ncccc4S3)c2)C(C)(C)C(=O)Nc2cnc(SC)nc2)c(C)c1N. The topological polar surface area (TPSA) is 118 Å². The Morgan fingerprint density at radius 2 is 1.93 bits per heavy atom. The number of rotatable bonds is 10. The molecule has 11 heteroatoms. The molecule has 0 fully saturated rings. The fraction of sp³-hybridized carbons (Fsp3) is 0.353. The van der Waals surface area contributed by atoms with Crippen LogP contribution in [0.2, 0.25) is 0 Å². The van der Waals surface area contributed by atoms with Gasteiger partial charge in [-0.2, -0.15) is 0 Å². The summed E-state index contributed by atoms with van der Waals surface area (Å²) in [5.74, 6) is 0.241. The van der Waals surface area contributed by atoms with E-state index in [0.717, 1.165) is 40.4 Å². The predicted octanol–water partition coefficient (Wildman–Crippen LogP) is 6.92. The fourth-order valence-corrected chi connectivity index (χ4v) is 6.92. The van der Waals surface area contributed by atoms with Crippen molar-refractivity contribution in [2.45, 2.75) is 57.1 Å². The molecule has 1 unspecified atom stereocenters. The molecule has 3 heterocycles. The Bertz CT molecular complexity index is 1660. The molecular weight excluding hydrogens is 603 g/mol. The molecule has 1 aliphatic rings. The van der Waals surface area contributed by atoms with Crippen LogP contribution in [0.3, 0.4) is 0 Å². The predicted molar refractivity (Wildman–Crippen MR) is 185 cm³/mol. The van der Waals surface area contributed by atoms with E-state index in [1.807, 2.05) is 52.1 Å². The van der Waals surface area contributed by atoms with Crippen LogP contribution in [0.15, 0.2) is 71.1 Å². The lowest BCUT2D eigenvalue weighted by Gasteiger charge is -2.36. The first-order valence-electron chi connectivity index (χ1n) is 15.0. The minimum Gasteiger partial charge on any atom is -0.475 e. The number of anilines is 3. The fourth-order valence-electron chi connectivity index (χ4n) is 5.62. The number of aromatic nitrogens is 3. The average molecular weight is 644 g/mol. The maximum absolute atomic E-state index is 14.1. The minimum atomic E-state index is -0.878. The average Bonchev–Trinajstić information content (AvgIpc) is 3.24. The molecule has 0 saturated heterocycles. The van der Waals surface area contributed by atoms with E-state index < -0.39 is 5.41 Å². The van der Waals surface area contributed by atoms with E-state index in [1.165, 1.54) is 22.9 Å². The molecule has 1 amide bonds. The molecule has 45 heavy (non-hydrogen) atoms. The van der Waals surface area contributed by atoms with Crippen molar-refractivity contribution < 1.29 is 9.53 Å². The van der Waals surface area contributed by atoms with Gasteiger partial charge in [0.25, 0.3) is 0 Å². The van der Waals surface area contributed by atoms with Crippen LogP contribution in [0.25, 0.3) is 0 Å². The van der Waals surface area contributed by atoms with Crippen LogP contribution in [0.4, 0.5) is 17.1 Å². The highest BCUT2D eigenvalue weighted by molar-refractivity contribution is 7.98. The van der Waals surface area contributed by atoms with Crippen molar-refractivity contribution in [2.24, 2.45) is 5.41 Å². The number of ether oxygens (including phenoxy) is 1. The zero-order valence-electron chi connectivity index (χ0n) is 26.7. The molecular formula is C34H41N7O2S2. The Kier molecular flexibility index (Phi) is 10.2. The summed E-state index contributed by atoms with van der Waals surface area (Å²) < 4.78 is 8.21. The Morgan fingerprint density at radius 3 is 2.67 bits per heavy atom. The van der Waals surface area contributed by atoms with E-state index in [1.54, 1.807) is 30.5 Å². The number of nitrogen functional groups attached to an aromatic ring is 1. The van der Waals surface area contributed by atoms with Crippen LogP contribution in [-0.4, -0.2) is 51.1 Å². The standard InChI is InChI=1S/C34H41N7O2S2/c1-7-36-27-13-12-26(22(3)30(27)35)29(34(4,5)32(42)40-25-18-38-33(44-6)39-19-25)23-11-10-21(2)24(17-23)20-41-15-16-43-31-28(45-41)9-8-14-37-31/h8-14,17-19,29,36H,7,15-16,20,35H2,1-6H3,(H,40,42). The lowest BCUT2D eigenvalue weighted by molar-refractivity contribution is -0.124. The van der Waals surface area contributed by atoms with Gasteiger partial charge in [-0.1, -0.05) is 49.9 Å². The molecule has 0 radical (unpaired) electrons. The first kappa shape index (κ1) is 32.6. The molecule has 5 rings (SSSR count). The number of pyridine rings is 1. The van der Waals surface area contributed by atoms with Gasteiger partial charge in [-0.15, -0.1) is 0 Å². The van der Waals surface area contributed by atoms with Crippen LogP contribution < -0.4 is 21.1 Å². The zero-order chi connectivity index (χ0) is 32.1. The van der Waals surface area contributed by atoms with Gasteiger partial charge in [0.2, 0.25) is 11.8 Å². The smallest absolute Gasteiger partial charge is 0.231 e. The molecule has 9 nitrogen and oxygen atoms in total. The summed E-state index contributed by atoms with van der Waals surface area (Å²) in [7, 11) is 0. The van der Waals surface area contributed by atoms with Crippen LogP contribution in [-0.2, 0) is 11.3 Å². The quantitative estimate of drug-likeness (QED) is 0.0727.